The lowest BCUT2D eigenvalue weighted by Gasteiger charge is -2.30. The van der Waals surface area contributed by atoms with E-state index in [2.05, 4.69) is 44.7 Å². The van der Waals surface area contributed by atoms with E-state index < -0.39 is 5.60 Å². The summed E-state index contributed by atoms with van der Waals surface area (Å²) in [6.45, 7) is 11.9. The first-order valence-electron chi connectivity index (χ1n) is 12.7. The summed E-state index contributed by atoms with van der Waals surface area (Å²) in [6, 6.07) is 1.03. The molecule has 1 saturated carbocycles. The van der Waals surface area contributed by atoms with E-state index in [1.54, 1.807) is 0 Å². The molecule has 10 heteroatoms. The van der Waals surface area contributed by atoms with Crippen LogP contribution in [-0.4, -0.2) is 62.4 Å². The Hall–Kier alpha value is -2.62. The van der Waals surface area contributed by atoms with Gasteiger partial charge in [-0.05, 0) is 86.2 Å². The number of anilines is 2. The zero-order chi connectivity index (χ0) is 24.3. The van der Waals surface area contributed by atoms with Crippen molar-refractivity contribution in [2.75, 3.05) is 23.7 Å². The molecule has 2 aromatic rings. The van der Waals surface area contributed by atoms with Crippen LogP contribution >= 0.6 is 0 Å². The predicted molar refractivity (Wildman–Crippen MR) is 134 cm³/mol. The molecule has 2 aromatic heterocycles. The van der Waals surface area contributed by atoms with Crippen LogP contribution in [0.3, 0.4) is 0 Å². The van der Waals surface area contributed by atoms with E-state index in [0.717, 1.165) is 68.6 Å². The summed E-state index contributed by atoms with van der Waals surface area (Å²) in [6.07, 6.45) is 7.29. The van der Waals surface area contributed by atoms with Crippen molar-refractivity contribution in [1.82, 2.24) is 30.2 Å². The van der Waals surface area contributed by atoms with Crippen molar-refractivity contribution < 1.29 is 9.53 Å². The molecule has 2 fully saturated rings. The van der Waals surface area contributed by atoms with Crippen LogP contribution in [0.2, 0.25) is 0 Å². The maximum absolute atomic E-state index is 12.1. The van der Waals surface area contributed by atoms with Crippen LogP contribution in [0.4, 0.5) is 16.6 Å². The molecule has 1 amide bonds. The Morgan fingerprint density at radius 3 is 2.32 bits per heavy atom. The average molecular weight is 473 g/mol. The van der Waals surface area contributed by atoms with Crippen LogP contribution in [0.25, 0.3) is 11.2 Å². The molecule has 1 aliphatic carbocycles. The Labute approximate surface area is 202 Å². The van der Waals surface area contributed by atoms with Gasteiger partial charge in [0.15, 0.2) is 17.0 Å². The average Bonchev–Trinajstić information content (AvgIpc) is 3.19. The molecule has 3 heterocycles. The van der Waals surface area contributed by atoms with Crippen LogP contribution in [0.1, 0.15) is 79.2 Å². The number of piperidine rings is 1. The van der Waals surface area contributed by atoms with Gasteiger partial charge < -0.3 is 30.6 Å². The third-order valence-electron chi connectivity index (χ3n) is 6.44. The van der Waals surface area contributed by atoms with Gasteiger partial charge >= 0.3 is 6.09 Å². The maximum Gasteiger partial charge on any atom is 0.407 e. The molecule has 1 aliphatic heterocycles. The van der Waals surface area contributed by atoms with Gasteiger partial charge in [0.2, 0.25) is 5.95 Å². The Morgan fingerprint density at radius 1 is 1.03 bits per heavy atom. The van der Waals surface area contributed by atoms with Crippen molar-refractivity contribution in [3.8, 4) is 0 Å². The molecular formula is C24H40N8O2. The van der Waals surface area contributed by atoms with Crippen LogP contribution in [0.15, 0.2) is 6.33 Å². The molecule has 0 aromatic carbocycles. The lowest BCUT2D eigenvalue weighted by Crippen LogP contribution is -2.42. The van der Waals surface area contributed by atoms with Crippen molar-refractivity contribution in [3.63, 3.8) is 0 Å². The van der Waals surface area contributed by atoms with E-state index in [-0.39, 0.29) is 24.2 Å². The highest BCUT2D eigenvalue weighted by molar-refractivity contribution is 5.84. The highest BCUT2D eigenvalue weighted by Crippen LogP contribution is 2.27. The largest absolute Gasteiger partial charge is 0.444 e. The number of aromatic nitrogens is 4. The van der Waals surface area contributed by atoms with Gasteiger partial charge in [-0.3, -0.25) is 0 Å². The van der Waals surface area contributed by atoms with Crippen LogP contribution in [0.5, 0.6) is 0 Å². The summed E-state index contributed by atoms with van der Waals surface area (Å²) in [5.41, 5.74) is 1.19. The summed E-state index contributed by atoms with van der Waals surface area (Å²) < 4.78 is 7.49. The number of nitrogens with one attached hydrogen (secondary N) is 4. The Balaban J connectivity index is 1.43. The minimum atomic E-state index is -0.485. The van der Waals surface area contributed by atoms with Crippen molar-refractivity contribution in [2.24, 2.45) is 0 Å². The van der Waals surface area contributed by atoms with E-state index in [1.807, 2.05) is 27.1 Å². The topological polar surface area (TPSA) is 118 Å². The highest BCUT2D eigenvalue weighted by Gasteiger charge is 2.26. The smallest absolute Gasteiger partial charge is 0.407 e. The van der Waals surface area contributed by atoms with Gasteiger partial charge in [-0.15, -0.1) is 0 Å². The molecule has 0 spiro atoms. The maximum atomic E-state index is 12.1. The number of alkyl carbamates (subject to hydrolysis) is 1. The summed E-state index contributed by atoms with van der Waals surface area (Å²) in [5, 5.41) is 13.6. The van der Waals surface area contributed by atoms with Gasteiger partial charge in [-0.25, -0.2) is 9.78 Å². The lowest BCUT2D eigenvalue weighted by atomic mass is 9.91. The number of amides is 1. The number of ether oxygens (including phenoxy) is 1. The monoisotopic (exact) mass is 472 g/mol. The molecule has 34 heavy (non-hydrogen) atoms. The van der Waals surface area contributed by atoms with Crippen LogP contribution in [0, 0.1) is 0 Å². The molecule has 0 unspecified atom stereocenters. The highest BCUT2D eigenvalue weighted by atomic mass is 16.6. The molecular weight excluding hydrogens is 432 g/mol. The predicted octanol–water partition coefficient (Wildman–Crippen LogP) is 3.82. The van der Waals surface area contributed by atoms with Gasteiger partial charge in [-0.1, -0.05) is 0 Å². The molecule has 0 radical (unpaired) electrons. The number of rotatable bonds is 6. The number of hydrogen-bond acceptors (Lipinski definition) is 8. The molecule has 0 atom stereocenters. The van der Waals surface area contributed by atoms with Crippen molar-refractivity contribution >= 4 is 29.0 Å². The van der Waals surface area contributed by atoms with E-state index >= 15 is 0 Å². The normalized spacial score (nSPS) is 22.1. The third-order valence-corrected chi connectivity index (χ3v) is 6.44. The van der Waals surface area contributed by atoms with Crippen molar-refractivity contribution in [1.29, 1.82) is 0 Å². The number of carbonyl (C=O) groups is 1. The molecule has 4 rings (SSSR count). The molecule has 188 valence electrons. The van der Waals surface area contributed by atoms with Crippen molar-refractivity contribution in [2.45, 2.75) is 103 Å². The minimum absolute atomic E-state index is 0.135. The van der Waals surface area contributed by atoms with Crippen molar-refractivity contribution in [3.05, 3.63) is 6.33 Å². The molecule has 0 bridgehead atoms. The van der Waals surface area contributed by atoms with E-state index in [4.69, 9.17) is 14.7 Å². The number of nitrogens with zero attached hydrogens (tertiary/aromatic N) is 4. The Bertz CT molecular complexity index is 969. The first-order valence-corrected chi connectivity index (χ1v) is 12.7. The molecule has 1 saturated heterocycles. The molecule has 2 aliphatic rings. The second kappa shape index (κ2) is 10.3. The Kier molecular flexibility index (Phi) is 7.45. The zero-order valence-corrected chi connectivity index (χ0v) is 21.1. The fourth-order valence-electron chi connectivity index (χ4n) is 4.66. The van der Waals surface area contributed by atoms with Gasteiger partial charge in [-0.2, -0.15) is 9.97 Å². The second-order valence-corrected chi connectivity index (χ2v) is 10.8. The number of carbonyl (C=O) groups excluding carboxylic acids is 1. The molecule has 10 nitrogen and oxygen atoms in total. The standard InChI is InChI=1S/C24H40N8O2/c1-15(2)32-14-26-19-20(27-18-10-12-25-13-11-18)30-22(31-21(19)32)28-16-6-8-17(9-7-16)29-23(33)34-24(3,4)5/h14-18,25H,6-13H2,1-5H3,(H,29,33)(H2,27,28,30,31)/t16-,17-. The minimum Gasteiger partial charge on any atom is -0.444 e. The van der Waals surface area contributed by atoms with Crippen LogP contribution < -0.4 is 21.3 Å². The van der Waals surface area contributed by atoms with E-state index in [0.29, 0.717) is 12.0 Å². The number of hydrogen-bond donors (Lipinski definition) is 4. The summed E-state index contributed by atoms with van der Waals surface area (Å²) in [7, 11) is 0. The van der Waals surface area contributed by atoms with Gasteiger partial charge in [0.05, 0.1) is 6.33 Å². The molecule has 4 N–H and O–H groups in total. The van der Waals surface area contributed by atoms with Gasteiger partial charge in [0.25, 0.3) is 0 Å². The zero-order valence-electron chi connectivity index (χ0n) is 21.1. The lowest BCUT2D eigenvalue weighted by molar-refractivity contribution is 0.0492. The quantitative estimate of drug-likeness (QED) is 0.501. The Morgan fingerprint density at radius 2 is 1.68 bits per heavy atom. The summed E-state index contributed by atoms with van der Waals surface area (Å²) >= 11 is 0. The van der Waals surface area contributed by atoms with Crippen LogP contribution in [-0.2, 0) is 4.74 Å². The number of imidazole rings is 1. The second-order valence-electron chi connectivity index (χ2n) is 10.8. The van der Waals surface area contributed by atoms with Gasteiger partial charge in [0.1, 0.15) is 5.60 Å². The summed E-state index contributed by atoms with van der Waals surface area (Å²) in [5.74, 6) is 1.44. The SMILES string of the molecule is CC(C)n1cnc2c(NC3CCNCC3)nc(N[C@H]3CC[C@H](NC(=O)OC(C)(C)C)CC3)nc21. The first-order chi connectivity index (χ1) is 16.2. The summed E-state index contributed by atoms with van der Waals surface area (Å²) in [4.78, 5) is 26.4. The van der Waals surface area contributed by atoms with E-state index in [9.17, 15) is 4.79 Å². The third kappa shape index (κ3) is 6.28. The van der Waals surface area contributed by atoms with Gasteiger partial charge in [0, 0.05) is 24.2 Å². The number of fused-ring (bicyclic) bond motifs is 1. The van der Waals surface area contributed by atoms with E-state index in [1.165, 1.54) is 0 Å². The fraction of sp³-hybridized carbons (Fsp3) is 0.750. The first kappa shape index (κ1) is 24.5. The fourth-order valence-corrected chi connectivity index (χ4v) is 4.66.